The molecule has 1 aromatic rings. The van der Waals surface area contributed by atoms with Crippen molar-refractivity contribution in [1.82, 2.24) is 36.1 Å². The van der Waals surface area contributed by atoms with Crippen molar-refractivity contribution in [3.05, 3.63) is 18.2 Å². The van der Waals surface area contributed by atoms with E-state index in [-0.39, 0.29) is 60.6 Å². The SMILES string of the molecule is CC[C@@H]1C[C@H](C)[C@H](n2cnc(C(=O)N[C@H](C)CC(=O)NCCOCCOCCOCCNC(=O)CCCC[C@@H]3SC[C@H]4NC(=O)N[C@@H]34)c2)O1. The molecule has 4 rings (SSSR count). The van der Waals surface area contributed by atoms with Crippen molar-refractivity contribution in [3.63, 3.8) is 0 Å². The third kappa shape index (κ3) is 13.0. The number of imidazole rings is 1. The number of rotatable bonds is 23. The molecule has 1 aromatic heterocycles. The summed E-state index contributed by atoms with van der Waals surface area (Å²) in [5, 5.41) is 14.9. The van der Waals surface area contributed by atoms with Crippen molar-refractivity contribution in [2.75, 3.05) is 58.5 Å². The summed E-state index contributed by atoms with van der Waals surface area (Å²) in [6.07, 6.45) is 8.78. The maximum Gasteiger partial charge on any atom is 0.315 e. The maximum atomic E-state index is 12.6. The number of carbonyl (C=O) groups is 4. The molecule has 0 unspecified atom stereocenters. The van der Waals surface area contributed by atoms with Crippen LogP contribution in [0.5, 0.6) is 0 Å². The number of hydrogen-bond acceptors (Lipinski definition) is 10. The van der Waals surface area contributed by atoms with E-state index in [1.807, 2.05) is 16.3 Å². The Hall–Kier alpha value is -2.92. The number of hydrogen-bond donors (Lipinski definition) is 5. The van der Waals surface area contributed by atoms with E-state index < -0.39 is 0 Å². The maximum absolute atomic E-state index is 12.6. The topological polar surface area (TPSA) is 183 Å². The smallest absolute Gasteiger partial charge is 0.315 e. The van der Waals surface area contributed by atoms with Crippen molar-refractivity contribution < 1.29 is 38.1 Å². The van der Waals surface area contributed by atoms with Gasteiger partial charge >= 0.3 is 6.03 Å². The van der Waals surface area contributed by atoms with Crippen molar-refractivity contribution in [2.24, 2.45) is 5.92 Å². The van der Waals surface area contributed by atoms with Gasteiger partial charge in [-0.25, -0.2) is 9.78 Å². The van der Waals surface area contributed by atoms with E-state index in [1.165, 1.54) is 0 Å². The van der Waals surface area contributed by atoms with E-state index in [9.17, 15) is 19.2 Å². The van der Waals surface area contributed by atoms with Crippen LogP contribution in [0.4, 0.5) is 4.79 Å². The van der Waals surface area contributed by atoms with Crippen LogP contribution in [0.3, 0.4) is 0 Å². The van der Waals surface area contributed by atoms with E-state index in [0.29, 0.717) is 76.0 Å². The number of fused-ring (bicyclic) bond motifs is 1. The van der Waals surface area contributed by atoms with Crippen LogP contribution in [0.15, 0.2) is 12.5 Å². The van der Waals surface area contributed by atoms with Gasteiger partial charge in [0.05, 0.1) is 64.2 Å². The summed E-state index contributed by atoms with van der Waals surface area (Å²) in [5.74, 6) is 0.809. The number of nitrogens with zero attached hydrogens (tertiary/aromatic N) is 2. The van der Waals surface area contributed by atoms with Gasteiger partial charge in [0.2, 0.25) is 11.8 Å². The van der Waals surface area contributed by atoms with Gasteiger partial charge in [0, 0.05) is 55.1 Å². The zero-order chi connectivity index (χ0) is 35.0. The second kappa shape index (κ2) is 20.7. The third-order valence-electron chi connectivity index (χ3n) is 8.87. The van der Waals surface area contributed by atoms with Crippen LogP contribution >= 0.6 is 11.8 Å². The molecule has 7 atom stereocenters. The number of unbranched alkanes of at least 4 members (excludes halogenated alkanes) is 1. The lowest BCUT2D eigenvalue weighted by atomic mass is 10.0. The minimum atomic E-state index is -0.362. The Bertz CT molecular complexity index is 1210. The van der Waals surface area contributed by atoms with Crippen LogP contribution in [0.1, 0.15) is 82.4 Å². The first-order chi connectivity index (χ1) is 23.7. The Morgan fingerprint density at radius 1 is 1.04 bits per heavy atom. The molecule has 3 aliphatic heterocycles. The van der Waals surface area contributed by atoms with Gasteiger partial charge in [0.1, 0.15) is 11.9 Å². The Balaban J connectivity index is 0.897. The van der Waals surface area contributed by atoms with Crippen molar-refractivity contribution >= 4 is 35.5 Å². The number of amides is 5. The highest BCUT2D eigenvalue weighted by atomic mass is 32.2. The predicted molar refractivity (Wildman–Crippen MR) is 184 cm³/mol. The summed E-state index contributed by atoms with van der Waals surface area (Å²) < 4.78 is 24.4. The zero-order valence-corrected chi connectivity index (χ0v) is 29.9. The van der Waals surface area contributed by atoms with Gasteiger partial charge in [-0.1, -0.05) is 20.3 Å². The van der Waals surface area contributed by atoms with Crippen LogP contribution in [0, 0.1) is 5.92 Å². The molecule has 0 saturated carbocycles. The van der Waals surface area contributed by atoms with E-state index in [2.05, 4.69) is 45.4 Å². The molecule has 0 bridgehead atoms. The van der Waals surface area contributed by atoms with E-state index in [1.54, 1.807) is 19.4 Å². The summed E-state index contributed by atoms with van der Waals surface area (Å²) in [7, 11) is 0. The second-order valence-corrected chi connectivity index (χ2v) is 14.2. The monoisotopic (exact) mass is 709 g/mol. The van der Waals surface area contributed by atoms with Crippen LogP contribution in [-0.4, -0.2) is 121 Å². The van der Waals surface area contributed by atoms with Crippen LogP contribution in [0.2, 0.25) is 0 Å². The van der Waals surface area contributed by atoms with Gasteiger partial charge in [-0.15, -0.1) is 0 Å². The molecule has 0 aliphatic carbocycles. The molecule has 3 aliphatic rings. The molecular formula is C33H55N7O8S. The average Bonchev–Trinajstić information content (AvgIpc) is 3.86. The Morgan fingerprint density at radius 3 is 2.43 bits per heavy atom. The molecule has 0 aromatic carbocycles. The first kappa shape index (κ1) is 38.9. The van der Waals surface area contributed by atoms with Gasteiger partial charge in [-0.3, -0.25) is 14.4 Å². The Kier molecular flexibility index (Phi) is 16.4. The van der Waals surface area contributed by atoms with Gasteiger partial charge in [-0.2, -0.15) is 11.8 Å². The fraction of sp³-hybridized carbons (Fsp3) is 0.788. The number of urea groups is 1. The molecule has 15 nitrogen and oxygen atoms in total. The van der Waals surface area contributed by atoms with Gasteiger partial charge in [-0.05, 0) is 32.6 Å². The van der Waals surface area contributed by atoms with Gasteiger partial charge < -0.3 is 50.1 Å². The van der Waals surface area contributed by atoms with Gasteiger partial charge in [0.15, 0.2) is 0 Å². The van der Waals surface area contributed by atoms with E-state index >= 15 is 0 Å². The van der Waals surface area contributed by atoms with E-state index in [4.69, 9.17) is 18.9 Å². The molecule has 3 fully saturated rings. The number of nitrogens with one attached hydrogen (secondary N) is 5. The quantitative estimate of drug-likeness (QED) is 0.0829. The standard InChI is InChI=1S/C33H55N7O8S/c1-4-24-17-22(2)32(48-24)40-19-25(36-21-40)31(43)37-23(3)18-29(42)35-10-12-46-14-16-47-15-13-45-11-9-34-28(41)8-6-5-7-27-30-26(20-49-27)38-33(44)39-30/h19,21-24,26-27,30,32H,4-18,20H2,1-3H3,(H,34,41)(H,35,42)(H,37,43)(H2,38,39,44)/t22-,23+,24+,26+,27-,30+,32+/m0/s1. The zero-order valence-electron chi connectivity index (χ0n) is 29.1. The highest BCUT2D eigenvalue weighted by Gasteiger charge is 2.42. The highest BCUT2D eigenvalue weighted by molar-refractivity contribution is 8.00. The number of ether oxygens (including phenoxy) is 4. The second-order valence-electron chi connectivity index (χ2n) is 13.0. The Morgan fingerprint density at radius 2 is 1.73 bits per heavy atom. The van der Waals surface area contributed by atoms with Crippen molar-refractivity contribution in [3.8, 4) is 0 Å². The number of aromatic nitrogens is 2. The lowest BCUT2D eigenvalue weighted by molar-refractivity contribution is -0.122. The van der Waals surface area contributed by atoms with Crippen molar-refractivity contribution in [1.29, 1.82) is 0 Å². The largest absolute Gasteiger partial charge is 0.377 e. The summed E-state index contributed by atoms with van der Waals surface area (Å²) in [5.41, 5.74) is 0.296. The van der Waals surface area contributed by atoms with Crippen LogP contribution < -0.4 is 26.6 Å². The molecule has 16 heteroatoms. The fourth-order valence-electron chi connectivity index (χ4n) is 6.27. The summed E-state index contributed by atoms with van der Waals surface area (Å²) in [6.45, 7) is 9.23. The highest BCUT2D eigenvalue weighted by Crippen LogP contribution is 2.35. The predicted octanol–water partition coefficient (Wildman–Crippen LogP) is 1.73. The summed E-state index contributed by atoms with van der Waals surface area (Å²) in [6, 6.07) is 0.0163. The third-order valence-corrected chi connectivity index (χ3v) is 10.4. The fourth-order valence-corrected chi connectivity index (χ4v) is 7.81. The molecule has 0 spiro atoms. The first-order valence-electron chi connectivity index (χ1n) is 17.7. The average molecular weight is 710 g/mol. The number of thioether (sulfide) groups is 1. The molecule has 4 heterocycles. The van der Waals surface area contributed by atoms with Gasteiger partial charge in [0.25, 0.3) is 5.91 Å². The lowest BCUT2D eigenvalue weighted by Crippen LogP contribution is -2.38. The molecule has 5 amide bonds. The van der Waals surface area contributed by atoms with Crippen LogP contribution in [0.25, 0.3) is 0 Å². The van der Waals surface area contributed by atoms with Crippen molar-refractivity contribution in [2.45, 2.75) is 101 Å². The Labute approximate surface area is 293 Å². The molecule has 276 valence electrons. The molecule has 0 radical (unpaired) electrons. The minimum Gasteiger partial charge on any atom is -0.377 e. The minimum absolute atomic E-state index is 0.0245. The summed E-state index contributed by atoms with van der Waals surface area (Å²) in [4.78, 5) is 52.7. The normalized spacial score (nSPS) is 25.0. The van der Waals surface area contributed by atoms with E-state index in [0.717, 1.165) is 37.9 Å². The molecular weight excluding hydrogens is 654 g/mol. The molecule has 49 heavy (non-hydrogen) atoms. The molecule has 3 saturated heterocycles. The number of carbonyl (C=O) groups excluding carboxylic acids is 4. The lowest BCUT2D eigenvalue weighted by Gasteiger charge is -2.16. The molecule has 5 N–H and O–H groups in total. The van der Waals surface area contributed by atoms with Crippen LogP contribution in [-0.2, 0) is 28.5 Å². The summed E-state index contributed by atoms with van der Waals surface area (Å²) >= 11 is 1.89. The first-order valence-corrected chi connectivity index (χ1v) is 18.7.